The normalized spacial score (nSPS) is 10.6. The average Bonchev–Trinajstić information content (AvgIpc) is 2.17. The van der Waals surface area contributed by atoms with Crippen molar-refractivity contribution in [2.75, 3.05) is 0 Å². The number of hydrogen-bond donors (Lipinski definition) is 1. The monoisotopic (exact) mass is 189 g/mol. The lowest BCUT2D eigenvalue weighted by Gasteiger charge is -2.01. The molecule has 0 aliphatic carbocycles. The molecule has 1 nitrogen and oxygen atoms in total. The fourth-order valence-electron chi connectivity index (χ4n) is 1.42. The molecule has 0 aliphatic rings. The van der Waals surface area contributed by atoms with E-state index in [-0.39, 0.29) is 0 Å². The summed E-state index contributed by atoms with van der Waals surface area (Å²) in [5.74, 6) is 0. The summed E-state index contributed by atoms with van der Waals surface area (Å²) in [4.78, 5) is 1.11. The molecule has 2 N–H and O–H groups in total. The minimum atomic E-state index is 1.11. The first kappa shape index (κ1) is 8.60. The van der Waals surface area contributed by atoms with Crippen LogP contribution in [0.15, 0.2) is 41.3 Å². The minimum absolute atomic E-state index is 1.11. The van der Waals surface area contributed by atoms with Gasteiger partial charge in [-0.1, -0.05) is 29.8 Å². The lowest BCUT2D eigenvalue weighted by Crippen LogP contribution is -1.80. The van der Waals surface area contributed by atoms with Crippen LogP contribution in [0.4, 0.5) is 0 Å². The van der Waals surface area contributed by atoms with Gasteiger partial charge < -0.3 is 0 Å². The molecule has 0 fully saturated rings. The van der Waals surface area contributed by atoms with Crippen LogP contribution in [-0.2, 0) is 0 Å². The molecule has 2 aromatic rings. The van der Waals surface area contributed by atoms with Crippen molar-refractivity contribution in [3.05, 3.63) is 42.0 Å². The van der Waals surface area contributed by atoms with E-state index in [1.165, 1.54) is 28.3 Å². The molecule has 2 rings (SSSR count). The van der Waals surface area contributed by atoms with Crippen molar-refractivity contribution in [1.29, 1.82) is 0 Å². The molecule has 0 saturated heterocycles. The van der Waals surface area contributed by atoms with Gasteiger partial charge in [-0.05, 0) is 41.8 Å². The molecule has 66 valence electrons. The molecule has 0 unspecified atom stereocenters. The second-order valence-electron chi connectivity index (χ2n) is 3.13. The molecule has 0 radical (unpaired) electrons. The van der Waals surface area contributed by atoms with Crippen LogP contribution < -0.4 is 5.14 Å². The zero-order valence-corrected chi connectivity index (χ0v) is 8.27. The topological polar surface area (TPSA) is 26.0 Å². The van der Waals surface area contributed by atoms with Crippen molar-refractivity contribution in [3.8, 4) is 0 Å². The molecular formula is C11H11NS. The van der Waals surface area contributed by atoms with E-state index in [0.717, 1.165) is 4.90 Å². The number of hydrogen-bond acceptors (Lipinski definition) is 2. The van der Waals surface area contributed by atoms with Crippen LogP contribution in [0.25, 0.3) is 10.8 Å². The van der Waals surface area contributed by atoms with Crippen LogP contribution in [0, 0.1) is 6.92 Å². The van der Waals surface area contributed by atoms with Gasteiger partial charge in [0.2, 0.25) is 0 Å². The van der Waals surface area contributed by atoms with Crippen LogP contribution in [-0.4, -0.2) is 0 Å². The summed E-state index contributed by atoms with van der Waals surface area (Å²) in [6, 6.07) is 12.7. The second kappa shape index (κ2) is 3.40. The molecule has 2 heteroatoms. The van der Waals surface area contributed by atoms with Crippen molar-refractivity contribution in [2.24, 2.45) is 5.14 Å². The maximum atomic E-state index is 5.49. The predicted molar refractivity (Wildman–Crippen MR) is 58.7 cm³/mol. The quantitative estimate of drug-likeness (QED) is 0.697. The highest BCUT2D eigenvalue weighted by molar-refractivity contribution is 7.97. The van der Waals surface area contributed by atoms with Gasteiger partial charge >= 0.3 is 0 Å². The smallest absolute Gasteiger partial charge is 0.0232 e. The Morgan fingerprint density at radius 2 is 1.69 bits per heavy atom. The fourth-order valence-corrected chi connectivity index (χ4v) is 1.76. The van der Waals surface area contributed by atoms with Crippen molar-refractivity contribution in [3.63, 3.8) is 0 Å². The Hall–Kier alpha value is -0.990. The van der Waals surface area contributed by atoms with E-state index < -0.39 is 0 Å². The Bertz CT molecular complexity index is 437. The van der Waals surface area contributed by atoms with Gasteiger partial charge in [-0.15, -0.1) is 0 Å². The van der Waals surface area contributed by atoms with Crippen molar-refractivity contribution in [2.45, 2.75) is 11.8 Å². The Morgan fingerprint density at radius 3 is 2.46 bits per heavy atom. The predicted octanol–water partition coefficient (Wildman–Crippen LogP) is 3.11. The molecule has 0 amide bonds. The Kier molecular flexibility index (Phi) is 2.25. The summed E-state index contributed by atoms with van der Waals surface area (Å²) in [6.07, 6.45) is 0. The van der Waals surface area contributed by atoms with Crippen LogP contribution in [0.5, 0.6) is 0 Å². The van der Waals surface area contributed by atoms with Crippen molar-refractivity contribution < 1.29 is 0 Å². The molecule has 2 aromatic carbocycles. The maximum Gasteiger partial charge on any atom is 0.0232 e. The van der Waals surface area contributed by atoms with E-state index >= 15 is 0 Å². The molecule has 0 saturated carbocycles. The molecule has 0 spiro atoms. The third-order valence-electron chi connectivity index (χ3n) is 2.10. The number of nitrogens with two attached hydrogens (primary N) is 1. The standard InChI is InChI=1S/C11H11NS/c1-8-2-3-10-7-11(13-12)5-4-9(10)6-8/h2-7H,12H2,1H3. The molecular weight excluding hydrogens is 178 g/mol. The van der Waals surface area contributed by atoms with Crippen molar-refractivity contribution >= 4 is 22.7 Å². The molecule has 0 atom stereocenters. The minimum Gasteiger partial charge on any atom is -0.274 e. The number of fused-ring (bicyclic) bond motifs is 1. The first-order valence-corrected chi connectivity index (χ1v) is 5.05. The highest BCUT2D eigenvalue weighted by atomic mass is 32.2. The van der Waals surface area contributed by atoms with Gasteiger partial charge in [0.15, 0.2) is 0 Å². The Balaban J connectivity index is 2.66. The van der Waals surface area contributed by atoms with Gasteiger partial charge in [-0.25, -0.2) is 0 Å². The van der Waals surface area contributed by atoms with E-state index in [9.17, 15) is 0 Å². The summed E-state index contributed by atoms with van der Waals surface area (Å²) in [5.41, 5.74) is 1.29. The summed E-state index contributed by atoms with van der Waals surface area (Å²) >= 11 is 1.29. The summed E-state index contributed by atoms with van der Waals surface area (Å²) in [6.45, 7) is 2.10. The Morgan fingerprint density at radius 1 is 1.00 bits per heavy atom. The van der Waals surface area contributed by atoms with Gasteiger partial charge in [0.05, 0.1) is 0 Å². The summed E-state index contributed by atoms with van der Waals surface area (Å²) in [7, 11) is 0. The number of benzene rings is 2. The lowest BCUT2D eigenvalue weighted by atomic mass is 10.1. The second-order valence-corrected chi connectivity index (χ2v) is 3.84. The van der Waals surface area contributed by atoms with E-state index in [1.54, 1.807) is 0 Å². The molecule has 13 heavy (non-hydrogen) atoms. The molecule has 0 aromatic heterocycles. The highest BCUT2D eigenvalue weighted by Gasteiger charge is 1.95. The maximum absolute atomic E-state index is 5.49. The summed E-state index contributed by atoms with van der Waals surface area (Å²) in [5, 5.41) is 8.01. The first-order chi connectivity index (χ1) is 6.29. The largest absolute Gasteiger partial charge is 0.274 e. The molecule has 0 aliphatic heterocycles. The van der Waals surface area contributed by atoms with Gasteiger partial charge in [-0.3, -0.25) is 5.14 Å². The SMILES string of the molecule is Cc1ccc2cc(SN)ccc2c1. The zero-order chi connectivity index (χ0) is 9.26. The molecule has 0 bridgehead atoms. The summed E-state index contributed by atoms with van der Waals surface area (Å²) < 4.78 is 0. The van der Waals surface area contributed by atoms with E-state index in [1.807, 2.05) is 6.07 Å². The zero-order valence-electron chi connectivity index (χ0n) is 7.45. The van der Waals surface area contributed by atoms with Gasteiger partial charge in [-0.2, -0.15) is 0 Å². The fraction of sp³-hybridized carbons (Fsp3) is 0.0909. The highest BCUT2D eigenvalue weighted by Crippen LogP contribution is 2.21. The molecule has 0 heterocycles. The van der Waals surface area contributed by atoms with Crippen LogP contribution in [0.2, 0.25) is 0 Å². The Labute approximate surface area is 82.1 Å². The van der Waals surface area contributed by atoms with E-state index in [2.05, 4.69) is 37.3 Å². The third-order valence-corrected chi connectivity index (χ3v) is 2.63. The van der Waals surface area contributed by atoms with Crippen molar-refractivity contribution in [1.82, 2.24) is 0 Å². The van der Waals surface area contributed by atoms with Gasteiger partial charge in [0.25, 0.3) is 0 Å². The first-order valence-electron chi connectivity index (χ1n) is 4.17. The van der Waals surface area contributed by atoms with E-state index in [4.69, 9.17) is 5.14 Å². The number of rotatable bonds is 1. The van der Waals surface area contributed by atoms with E-state index in [0.29, 0.717) is 0 Å². The van der Waals surface area contributed by atoms with Crippen LogP contribution >= 0.6 is 11.9 Å². The average molecular weight is 189 g/mol. The number of aryl methyl sites for hydroxylation is 1. The third kappa shape index (κ3) is 1.69. The van der Waals surface area contributed by atoms with Crippen LogP contribution in [0.3, 0.4) is 0 Å². The van der Waals surface area contributed by atoms with Gasteiger partial charge in [0, 0.05) is 4.90 Å². The van der Waals surface area contributed by atoms with Crippen LogP contribution in [0.1, 0.15) is 5.56 Å². The van der Waals surface area contributed by atoms with Gasteiger partial charge in [0.1, 0.15) is 0 Å². The lowest BCUT2D eigenvalue weighted by molar-refractivity contribution is 1.47.